The van der Waals surface area contributed by atoms with E-state index in [4.69, 9.17) is 14.5 Å². The number of hydrogen-bond donors (Lipinski definition) is 2. The molecule has 1 aliphatic rings. The average molecular weight is 395 g/mol. The van der Waals surface area contributed by atoms with Gasteiger partial charge in [0.05, 0.1) is 31.8 Å². The van der Waals surface area contributed by atoms with Crippen LogP contribution in [0.1, 0.15) is 12.8 Å². The van der Waals surface area contributed by atoms with Gasteiger partial charge in [0.25, 0.3) is 5.56 Å². The number of methoxy groups -OCH3 is 2. The summed E-state index contributed by atoms with van der Waals surface area (Å²) in [6.45, 7) is 1.85. The smallest absolute Gasteiger partial charge is 0.264 e. The summed E-state index contributed by atoms with van der Waals surface area (Å²) in [5.41, 5.74) is 2.06. The van der Waals surface area contributed by atoms with Gasteiger partial charge in [0, 0.05) is 25.2 Å². The quantitative estimate of drug-likeness (QED) is 0.684. The zero-order valence-electron chi connectivity index (χ0n) is 16.9. The molecule has 0 spiro atoms. The molecule has 2 N–H and O–H groups in total. The summed E-state index contributed by atoms with van der Waals surface area (Å²) in [5, 5.41) is 7.36. The third-order valence-corrected chi connectivity index (χ3v) is 5.22. The normalized spacial score (nSPS) is 16.6. The third kappa shape index (κ3) is 3.75. The number of fused-ring (bicyclic) bond motifs is 1. The molecule has 1 fully saturated rings. The van der Waals surface area contributed by atoms with Gasteiger partial charge in [0.2, 0.25) is 0 Å². The molecular weight excluding hydrogens is 370 g/mol. The van der Waals surface area contributed by atoms with Crippen molar-refractivity contribution in [1.29, 1.82) is 0 Å². The van der Waals surface area contributed by atoms with Crippen LogP contribution in [-0.2, 0) is 7.05 Å². The number of pyridine rings is 1. The van der Waals surface area contributed by atoms with E-state index in [-0.39, 0.29) is 11.6 Å². The molecule has 2 aromatic heterocycles. The van der Waals surface area contributed by atoms with E-state index in [2.05, 4.69) is 15.6 Å². The fourth-order valence-corrected chi connectivity index (χ4v) is 3.64. The SMILES string of the molecule is COc1ccc(-c2cc3ncn(C)c(=O)c3c(N[C@@H]3CCCNC3)n2)cc1OC. The Labute approximate surface area is 168 Å². The first-order valence-electron chi connectivity index (χ1n) is 9.66. The summed E-state index contributed by atoms with van der Waals surface area (Å²) >= 11 is 0. The van der Waals surface area contributed by atoms with E-state index in [9.17, 15) is 4.79 Å². The Balaban J connectivity index is 1.85. The fraction of sp³-hybridized carbons (Fsp3) is 0.381. The van der Waals surface area contributed by atoms with E-state index >= 15 is 0 Å². The van der Waals surface area contributed by atoms with Crippen LogP contribution < -0.4 is 25.7 Å². The first kappa shape index (κ1) is 19.2. The molecule has 8 heteroatoms. The Morgan fingerprint density at radius 1 is 1.21 bits per heavy atom. The van der Waals surface area contributed by atoms with Gasteiger partial charge in [-0.15, -0.1) is 0 Å². The number of anilines is 1. The minimum absolute atomic E-state index is 0.118. The number of rotatable bonds is 5. The van der Waals surface area contributed by atoms with Crippen LogP contribution in [0.4, 0.5) is 5.82 Å². The lowest BCUT2D eigenvalue weighted by Gasteiger charge is -2.25. The molecule has 0 saturated carbocycles. The summed E-state index contributed by atoms with van der Waals surface area (Å²) in [5.74, 6) is 1.83. The van der Waals surface area contributed by atoms with Crippen LogP contribution >= 0.6 is 0 Å². The molecule has 4 rings (SSSR count). The monoisotopic (exact) mass is 395 g/mol. The lowest BCUT2D eigenvalue weighted by Crippen LogP contribution is -2.39. The number of nitrogens with zero attached hydrogens (tertiary/aromatic N) is 3. The van der Waals surface area contributed by atoms with E-state index in [0.29, 0.717) is 33.9 Å². The van der Waals surface area contributed by atoms with Crippen molar-refractivity contribution in [2.75, 3.05) is 32.6 Å². The Morgan fingerprint density at radius 3 is 2.76 bits per heavy atom. The second-order valence-corrected chi connectivity index (χ2v) is 7.17. The Bertz CT molecular complexity index is 1090. The molecule has 3 aromatic rings. The average Bonchev–Trinajstić information content (AvgIpc) is 2.76. The molecule has 0 aliphatic carbocycles. The van der Waals surface area contributed by atoms with Gasteiger partial charge in [-0.05, 0) is 43.7 Å². The zero-order chi connectivity index (χ0) is 20.4. The first-order chi connectivity index (χ1) is 14.1. The summed E-state index contributed by atoms with van der Waals surface area (Å²) in [4.78, 5) is 22.1. The maximum Gasteiger partial charge on any atom is 0.264 e. The van der Waals surface area contributed by atoms with E-state index in [0.717, 1.165) is 31.5 Å². The summed E-state index contributed by atoms with van der Waals surface area (Å²) < 4.78 is 12.2. The Hall–Kier alpha value is -3.13. The van der Waals surface area contributed by atoms with Gasteiger partial charge in [-0.1, -0.05) is 0 Å². The third-order valence-electron chi connectivity index (χ3n) is 5.22. The lowest BCUT2D eigenvalue weighted by atomic mass is 10.1. The van der Waals surface area contributed by atoms with Crippen LogP contribution in [0, 0.1) is 0 Å². The van der Waals surface area contributed by atoms with Crippen molar-refractivity contribution in [2.24, 2.45) is 7.05 Å². The van der Waals surface area contributed by atoms with Gasteiger partial charge >= 0.3 is 0 Å². The fourth-order valence-electron chi connectivity index (χ4n) is 3.64. The summed E-state index contributed by atoms with van der Waals surface area (Å²) in [7, 11) is 4.90. The van der Waals surface area contributed by atoms with Gasteiger partial charge in [0.1, 0.15) is 11.2 Å². The van der Waals surface area contributed by atoms with Gasteiger partial charge in [-0.2, -0.15) is 0 Å². The number of aryl methyl sites for hydroxylation is 1. The van der Waals surface area contributed by atoms with Gasteiger partial charge < -0.3 is 24.7 Å². The largest absolute Gasteiger partial charge is 0.493 e. The second-order valence-electron chi connectivity index (χ2n) is 7.17. The highest BCUT2D eigenvalue weighted by Crippen LogP contribution is 2.33. The van der Waals surface area contributed by atoms with Crippen molar-refractivity contribution in [1.82, 2.24) is 19.9 Å². The van der Waals surface area contributed by atoms with E-state index in [1.807, 2.05) is 24.3 Å². The number of nitrogens with one attached hydrogen (secondary N) is 2. The highest BCUT2D eigenvalue weighted by molar-refractivity contribution is 5.91. The molecule has 1 aliphatic heterocycles. The number of ether oxygens (including phenoxy) is 2. The van der Waals surface area contributed by atoms with Crippen molar-refractivity contribution >= 4 is 16.7 Å². The Kier molecular flexibility index (Phi) is 5.35. The number of hydrogen-bond acceptors (Lipinski definition) is 7. The molecule has 3 heterocycles. The van der Waals surface area contributed by atoms with Gasteiger partial charge in [-0.3, -0.25) is 4.79 Å². The van der Waals surface area contributed by atoms with Crippen LogP contribution in [0.15, 0.2) is 35.4 Å². The maximum atomic E-state index is 12.8. The molecule has 1 atom stereocenters. The van der Waals surface area contributed by atoms with Gasteiger partial charge in [-0.25, -0.2) is 9.97 Å². The van der Waals surface area contributed by atoms with Crippen LogP contribution in [-0.4, -0.2) is 47.9 Å². The molecule has 0 radical (unpaired) electrons. The van der Waals surface area contributed by atoms with Crippen LogP contribution in [0.3, 0.4) is 0 Å². The molecule has 152 valence electrons. The second kappa shape index (κ2) is 8.08. The number of piperidine rings is 1. The molecule has 1 aromatic carbocycles. The minimum atomic E-state index is -0.118. The zero-order valence-corrected chi connectivity index (χ0v) is 16.9. The lowest BCUT2D eigenvalue weighted by molar-refractivity contribution is 0.355. The highest BCUT2D eigenvalue weighted by Gasteiger charge is 2.19. The summed E-state index contributed by atoms with van der Waals surface area (Å²) in [6.07, 6.45) is 3.65. The van der Waals surface area contributed by atoms with Crippen molar-refractivity contribution in [3.8, 4) is 22.8 Å². The van der Waals surface area contributed by atoms with Crippen LogP contribution in [0.5, 0.6) is 11.5 Å². The molecule has 0 bridgehead atoms. The van der Waals surface area contributed by atoms with Crippen molar-refractivity contribution in [2.45, 2.75) is 18.9 Å². The van der Waals surface area contributed by atoms with Crippen molar-refractivity contribution < 1.29 is 9.47 Å². The van der Waals surface area contributed by atoms with E-state index in [1.165, 1.54) is 10.9 Å². The van der Waals surface area contributed by atoms with Crippen molar-refractivity contribution in [3.63, 3.8) is 0 Å². The van der Waals surface area contributed by atoms with Crippen molar-refractivity contribution in [3.05, 3.63) is 40.9 Å². The van der Waals surface area contributed by atoms with E-state index < -0.39 is 0 Å². The molecule has 0 amide bonds. The predicted octanol–water partition coefficient (Wildman–Crippen LogP) is 2.18. The van der Waals surface area contributed by atoms with Gasteiger partial charge in [0.15, 0.2) is 11.5 Å². The first-order valence-corrected chi connectivity index (χ1v) is 9.66. The predicted molar refractivity (Wildman–Crippen MR) is 113 cm³/mol. The minimum Gasteiger partial charge on any atom is -0.493 e. The topological polar surface area (TPSA) is 90.3 Å². The summed E-state index contributed by atoms with van der Waals surface area (Å²) in [6, 6.07) is 7.69. The standard InChI is InChI=1S/C21H25N5O3/c1-26-12-23-16-10-15(13-6-7-17(28-2)18(9-13)29-3)25-20(19(16)21(26)27)24-14-5-4-8-22-11-14/h6-7,9-10,12,14,22H,4-5,8,11H2,1-3H3,(H,24,25)/t14-/m1/s1. The molecule has 8 nitrogen and oxygen atoms in total. The highest BCUT2D eigenvalue weighted by atomic mass is 16.5. The van der Waals surface area contributed by atoms with E-state index in [1.54, 1.807) is 21.3 Å². The molecule has 1 saturated heterocycles. The number of benzene rings is 1. The molecule has 29 heavy (non-hydrogen) atoms. The van der Waals surface area contributed by atoms with Crippen LogP contribution in [0.25, 0.3) is 22.2 Å². The Morgan fingerprint density at radius 2 is 2.03 bits per heavy atom. The maximum absolute atomic E-state index is 12.8. The molecular formula is C21H25N5O3. The molecule has 0 unspecified atom stereocenters. The number of aromatic nitrogens is 3. The van der Waals surface area contributed by atoms with Crippen LogP contribution in [0.2, 0.25) is 0 Å².